The molecule has 0 aliphatic carbocycles. The van der Waals surface area contributed by atoms with E-state index in [0.717, 1.165) is 5.56 Å². The van der Waals surface area contributed by atoms with Gasteiger partial charge in [0.25, 0.3) is 0 Å². The Morgan fingerprint density at radius 1 is 0.974 bits per heavy atom. The second-order valence-electron chi connectivity index (χ2n) is 9.31. The second-order valence-corrected chi connectivity index (χ2v) is 9.71. The molecular weight excluding hydrogens is 506 g/mol. The van der Waals surface area contributed by atoms with Gasteiger partial charge in [-0.25, -0.2) is 4.79 Å². The summed E-state index contributed by atoms with van der Waals surface area (Å²) in [4.78, 5) is 16.9. The number of aryl methyl sites for hydroxylation is 1. The third-order valence-corrected chi connectivity index (χ3v) is 6.20. The van der Waals surface area contributed by atoms with E-state index in [-0.39, 0.29) is 6.03 Å². The van der Waals surface area contributed by atoms with Crippen molar-refractivity contribution in [2.45, 2.75) is 20.8 Å². The first-order valence-electron chi connectivity index (χ1n) is 12.3. The molecule has 196 valence electrons. The number of hydrogen-bond acceptors (Lipinski definition) is 6. The van der Waals surface area contributed by atoms with Crippen LogP contribution in [0, 0.1) is 12.8 Å². The van der Waals surface area contributed by atoms with Crippen molar-refractivity contribution in [3.8, 4) is 28.7 Å². The molecule has 0 atom stereocenters. The number of fused-ring (bicyclic) bond motifs is 3. The van der Waals surface area contributed by atoms with Crippen molar-refractivity contribution in [3.63, 3.8) is 0 Å². The van der Waals surface area contributed by atoms with Crippen LogP contribution in [0.4, 0.5) is 16.2 Å². The van der Waals surface area contributed by atoms with Gasteiger partial charge in [-0.1, -0.05) is 25.4 Å². The van der Waals surface area contributed by atoms with Gasteiger partial charge in [0.1, 0.15) is 24.7 Å². The van der Waals surface area contributed by atoms with Crippen molar-refractivity contribution in [2.24, 2.45) is 5.92 Å². The number of hydrogen-bond donors (Lipinski definition) is 2. The Bertz CT molecular complexity index is 1470. The van der Waals surface area contributed by atoms with E-state index in [2.05, 4.69) is 29.5 Å². The standard InChI is InChI=1S/C29H28ClN3O5/c1-17(2)16-37-25-15-23-26(28-27(25)35-12-13-36-28)24(10-11-31-23)38-21-7-4-19(5-8-21)32-29(34)33-20-6-9-22(30)18(3)14-20/h4-11,14-15,17H,12-13,16H2,1-3H3,(H2,32,33,34). The number of urea groups is 1. The Kier molecular flexibility index (Phi) is 7.42. The van der Waals surface area contributed by atoms with E-state index < -0.39 is 0 Å². The summed E-state index contributed by atoms with van der Waals surface area (Å²) >= 11 is 6.05. The molecule has 2 amide bonds. The molecule has 0 saturated heterocycles. The Labute approximate surface area is 225 Å². The van der Waals surface area contributed by atoms with E-state index in [1.165, 1.54) is 0 Å². The predicted octanol–water partition coefficient (Wildman–Crippen LogP) is 7.44. The topological polar surface area (TPSA) is 90.9 Å². The molecule has 8 nitrogen and oxygen atoms in total. The number of carbonyl (C=O) groups excluding carboxylic acids is 1. The highest BCUT2D eigenvalue weighted by Gasteiger charge is 2.24. The van der Waals surface area contributed by atoms with Crippen LogP contribution >= 0.6 is 11.6 Å². The molecule has 2 N–H and O–H groups in total. The van der Waals surface area contributed by atoms with E-state index in [0.29, 0.717) is 81.8 Å². The molecule has 0 saturated carbocycles. The fourth-order valence-electron chi connectivity index (χ4n) is 3.97. The molecule has 0 radical (unpaired) electrons. The summed E-state index contributed by atoms with van der Waals surface area (Å²) in [6.07, 6.45) is 1.68. The van der Waals surface area contributed by atoms with Crippen LogP contribution in [0.15, 0.2) is 60.8 Å². The SMILES string of the molecule is Cc1cc(NC(=O)Nc2ccc(Oc3ccnc4cc(OCC(C)C)c5c(c34)OCCO5)cc2)ccc1Cl. The van der Waals surface area contributed by atoms with Gasteiger partial charge in [-0.05, 0) is 66.9 Å². The first-order chi connectivity index (χ1) is 18.4. The summed E-state index contributed by atoms with van der Waals surface area (Å²) < 4.78 is 24.1. The zero-order chi connectivity index (χ0) is 26.6. The highest BCUT2D eigenvalue weighted by molar-refractivity contribution is 6.31. The van der Waals surface area contributed by atoms with Crippen LogP contribution < -0.4 is 29.6 Å². The number of nitrogens with zero attached hydrogens (tertiary/aromatic N) is 1. The molecule has 2 heterocycles. The highest BCUT2D eigenvalue weighted by Crippen LogP contribution is 2.48. The molecule has 1 aromatic heterocycles. The maximum absolute atomic E-state index is 12.4. The van der Waals surface area contributed by atoms with E-state index in [1.54, 1.807) is 48.7 Å². The predicted molar refractivity (Wildman–Crippen MR) is 148 cm³/mol. The number of carbonyl (C=O) groups is 1. The molecule has 3 aromatic carbocycles. The van der Waals surface area contributed by atoms with Gasteiger partial charge < -0.3 is 29.6 Å². The maximum atomic E-state index is 12.4. The smallest absolute Gasteiger partial charge is 0.323 e. The van der Waals surface area contributed by atoms with Gasteiger partial charge in [0.05, 0.1) is 17.5 Å². The van der Waals surface area contributed by atoms with E-state index >= 15 is 0 Å². The van der Waals surface area contributed by atoms with Crippen LogP contribution in [0.5, 0.6) is 28.7 Å². The summed E-state index contributed by atoms with van der Waals surface area (Å²) in [5, 5.41) is 6.97. The van der Waals surface area contributed by atoms with Gasteiger partial charge in [-0.2, -0.15) is 0 Å². The van der Waals surface area contributed by atoms with Crippen LogP contribution in [0.2, 0.25) is 5.02 Å². The molecule has 4 aromatic rings. The van der Waals surface area contributed by atoms with Crippen molar-refractivity contribution in [1.29, 1.82) is 0 Å². The summed E-state index contributed by atoms with van der Waals surface area (Å²) in [5.74, 6) is 3.24. The minimum Gasteiger partial charge on any atom is -0.489 e. The largest absolute Gasteiger partial charge is 0.489 e. The Balaban J connectivity index is 1.34. The Hall–Kier alpha value is -4.17. The summed E-state index contributed by atoms with van der Waals surface area (Å²) in [6.45, 7) is 7.46. The Morgan fingerprint density at radius 2 is 1.68 bits per heavy atom. The molecule has 0 fully saturated rings. The summed E-state index contributed by atoms with van der Waals surface area (Å²) in [7, 11) is 0. The molecule has 0 bridgehead atoms. The maximum Gasteiger partial charge on any atom is 0.323 e. The minimum atomic E-state index is -0.361. The van der Waals surface area contributed by atoms with Crippen molar-refractivity contribution in [3.05, 3.63) is 71.4 Å². The monoisotopic (exact) mass is 533 g/mol. The number of ether oxygens (including phenoxy) is 4. The van der Waals surface area contributed by atoms with Crippen molar-refractivity contribution >= 4 is 39.9 Å². The number of rotatable bonds is 7. The van der Waals surface area contributed by atoms with Crippen LogP contribution in [-0.2, 0) is 0 Å². The van der Waals surface area contributed by atoms with Gasteiger partial charge in [-0.3, -0.25) is 4.98 Å². The summed E-state index contributed by atoms with van der Waals surface area (Å²) in [6, 6.07) is 15.7. The van der Waals surface area contributed by atoms with Crippen molar-refractivity contribution in [2.75, 3.05) is 30.5 Å². The van der Waals surface area contributed by atoms with Gasteiger partial charge in [0.2, 0.25) is 5.75 Å². The number of benzene rings is 3. The first-order valence-corrected chi connectivity index (χ1v) is 12.7. The van der Waals surface area contributed by atoms with E-state index in [1.807, 2.05) is 19.1 Å². The number of nitrogens with one attached hydrogen (secondary N) is 2. The highest BCUT2D eigenvalue weighted by atomic mass is 35.5. The lowest BCUT2D eigenvalue weighted by Crippen LogP contribution is -2.19. The lowest BCUT2D eigenvalue weighted by atomic mass is 10.1. The molecule has 9 heteroatoms. The Morgan fingerprint density at radius 3 is 2.42 bits per heavy atom. The summed E-state index contributed by atoms with van der Waals surface area (Å²) in [5.41, 5.74) is 2.83. The third kappa shape index (κ3) is 5.70. The van der Waals surface area contributed by atoms with Crippen LogP contribution in [-0.4, -0.2) is 30.8 Å². The lowest BCUT2D eigenvalue weighted by Gasteiger charge is -2.24. The zero-order valence-corrected chi connectivity index (χ0v) is 22.1. The average molecular weight is 534 g/mol. The van der Waals surface area contributed by atoms with E-state index in [4.69, 9.17) is 30.5 Å². The zero-order valence-electron chi connectivity index (χ0n) is 21.3. The third-order valence-electron chi connectivity index (χ3n) is 5.77. The average Bonchev–Trinajstić information content (AvgIpc) is 2.90. The lowest BCUT2D eigenvalue weighted by molar-refractivity contribution is 0.161. The number of pyridine rings is 1. The molecule has 0 spiro atoms. The number of anilines is 2. The molecule has 1 aliphatic rings. The van der Waals surface area contributed by atoms with E-state index in [9.17, 15) is 4.79 Å². The quantitative estimate of drug-likeness (QED) is 0.256. The minimum absolute atomic E-state index is 0.360. The van der Waals surface area contributed by atoms with Crippen LogP contribution in [0.1, 0.15) is 19.4 Å². The second kappa shape index (κ2) is 11.1. The molecule has 38 heavy (non-hydrogen) atoms. The first kappa shape index (κ1) is 25.5. The number of aromatic nitrogens is 1. The number of amides is 2. The normalized spacial score (nSPS) is 12.3. The van der Waals surface area contributed by atoms with Gasteiger partial charge in [0, 0.05) is 28.7 Å². The fraction of sp³-hybridized carbons (Fsp3) is 0.241. The molecule has 5 rings (SSSR count). The van der Waals surface area contributed by atoms with Gasteiger partial charge in [0.15, 0.2) is 11.5 Å². The molecule has 0 unspecified atom stereocenters. The van der Waals surface area contributed by atoms with Crippen molar-refractivity contribution in [1.82, 2.24) is 4.98 Å². The molecule has 1 aliphatic heterocycles. The van der Waals surface area contributed by atoms with Gasteiger partial charge in [-0.15, -0.1) is 0 Å². The van der Waals surface area contributed by atoms with Crippen LogP contribution in [0.25, 0.3) is 10.9 Å². The van der Waals surface area contributed by atoms with Crippen molar-refractivity contribution < 1.29 is 23.7 Å². The van der Waals surface area contributed by atoms with Gasteiger partial charge >= 0.3 is 6.03 Å². The number of halogens is 1. The fourth-order valence-corrected chi connectivity index (χ4v) is 4.09. The van der Waals surface area contributed by atoms with Crippen LogP contribution in [0.3, 0.4) is 0 Å². The molecular formula is C29H28ClN3O5.